The zero-order chi connectivity index (χ0) is 20.5. The van der Waals surface area contributed by atoms with E-state index in [-0.39, 0.29) is 5.97 Å². The lowest BCUT2D eigenvalue weighted by molar-refractivity contribution is 0.0600. The van der Waals surface area contributed by atoms with Gasteiger partial charge in [-0.25, -0.2) is 9.78 Å². The summed E-state index contributed by atoms with van der Waals surface area (Å²) in [6, 6.07) is 20.7. The van der Waals surface area contributed by atoms with Gasteiger partial charge in [-0.1, -0.05) is 18.2 Å². The molecule has 0 fully saturated rings. The lowest BCUT2D eigenvalue weighted by Crippen LogP contribution is -2.06. The fourth-order valence-electron chi connectivity index (χ4n) is 2.73. The first kappa shape index (κ1) is 20.2. The van der Waals surface area contributed by atoms with Crippen molar-refractivity contribution < 1.29 is 19.0 Å². The van der Waals surface area contributed by atoms with E-state index in [1.807, 2.05) is 42.5 Å². The summed E-state index contributed by atoms with van der Waals surface area (Å²) in [6.07, 6.45) is 0.677. The van der Waals surface area contributed by atoms with Crippen LogP contribution in [0.3, 0.4) is 0 Å². The number of ether oxygens (including phenoxy) is 3. The van der Waals surface area contributed by atoms with E-state index in [1.54, 1.807) is 31.4 Å². The molecule has 0 aliphatic heterocycles. The molecule has 1 N–H and O–H groups in total. The number of carbonyl (C=O) groups excluding carboxylic acids is 1. The molecule has 29 heavy (non-hydrogen) atoms. The molecule has 150 valence electrons. The van der Waals surface area contributed by atoms with E-state index in [9.17, 15) is 4.79 Å². The van der Waals surface area contributed by atoms with Crippen LogP contribution in [0, 0.1) is 0 Å². The zero-order valence-corrected chi connectivity index (χ0v) is 16.6. The van der Waals surface area contributed by atoms with Crippen molar-refractivity contribution in [2.75, 3.05) is 26.1 Å². The van der Waals surface area contributed by atoms with Gasteiger partial charge >= 0.3 is 5.97 Å². The Morgan fingerprint density at radius 1 is 0.931 bits per heavy atom. The van der Waals surface area contributed by atoms with Crippen LogP contribution in [0.15, 0.2) is 66.7 Å². The van der Waals surface area contributed by atoms with Crippen LogP contribution < -0.4 is 14.8 Å². The number of nitrogens with one attached hydrogen (secondary N) is 1. The van der Waals surface area contributed by atoms with Crippen LogP contribution in [0.1, 0.15) is 21.6 Å². The third-order valence-corrected chi connectivity index (χ3v) is 4.34. The molecule has 0 bridgehead atoms. The Labute approximate surface area is 170 Å². The molecule has 0 spiro atoms. The van der Waals surface area contributed by atoms with Crippen molar-refractivity contribution in [1.29, 1.82) is 0 Å². The molecule has 3 rings (SSSR count). The topological polar surface area (TPSA) is 69.7 Å². The number of carbonyl (C=O) groups is 1. The fraction of sp³-hybridized carbons (Fsp3) is 0.217. The molecule has 1 aromatic heterocycles. The lowest BCUT2D eigenvalue weighted by atomic mass is 10.2. The number of benzene rings is 2. The molecule has 0 atom stereocenters. The van der Waals surface area contributed by atoms with Gasteiger partial charge in [0.15, 0.2) is 0 Å². The van der Waals surface area contributed by atoms with Crippen molar-refractivity contribution in [2.45, 2.75) is 13.0 Å². The number of hydrogen-bond donors (Lipinski definition) is 1. The summed E-state index contributed by atoms with van der Waals surface area (Å²) in [7, 11) is 3.02. The smallest absolute Gasteiger partial charge is 0.337 e. The summed E-state index contributed by atoms with van der Waals surface area (Å²) < 4.78 is 15.6. The van der Waals surface area contributed by atoms with E-state index in [0.717, 1.165) is 22.8 Å². The molecule has 1 heterocycles. The standard InChI is InChI=1S/C23H24N2O4/c1-27-20-10-6-17(7-11-20)16-24-22-5-3-4-19(25-22)14-15-29-21-12-8-18(9-13-21)23(26)28-2/h3-13H,14-16H2,1-2H3,(H,24,25). The van der Waals surface area contributed by atoms with Crippen LogP contribution in [0.2, 0.25) is 0 Å². The van der Waals surface area contributed by atoms with E-state index in [2.05, 4.69) is 15.0 Å². The number of nitrogens with zero attached hydrogens (tertiary/aromatic N) is 1. The quantitative estimate of drug-likeness (QED) is 0.553. The van der Waals surface area contributed by atoms with E-state index in [1.165, 1.54) is 7.11 Å². The average Bonchev–Trinajstić information content (AvgIpc) is 2.78. The number of rotatable bonds is 9. The predicted octanol–water partition coefficient (Wildman–Crippen LogP) is 4.11. The highest BCUT2D eigenvalue weighted by atomic mass is 16.5. The summed E-state index contributed by atoms with van der Waals surface area (Å²) in [6.45, 7) is 1.18. The van der Waals surface area contributed by atoms with Gasteiger partial charge in [-0.2, -0.15) is 0 Å². The number of methoxy groups -OCH3 is 2. The first-order valence-electron chi connectivity index (χ1n) is 9.32. The molecular formula is C23H24N2O4. The van der Waals surface area contributed by atoms with Crippen LogP contribution in [-0.4, -0.2) is 31.8 Å². The van der Waals surface area contributed by atoms with Crippen molar-refractivity contribution in [1.82, 2.24) is 4.98 Å². The molecule has 0 radical (unpaired) electrons. The largest absolute Gasteiger partial charge is 0.497 e. The molecule has 0 aliphatic rings. The minimum absolute atomic E-state index is 0.361. The number of anilines is 1. The monoisotopic (exact) mass is 392 g/mol. The van der Waals surface area contributed by atoms with Gasteiger partial charge in [-0.3, -0.25) is 0 Å². The number of aromatic nitrogens is 1. The first-order chi connectivity index (χ1) is 14.2. The van der Waals surface area contributed by atoms with Gasteiger partial charge in [0, 0.05) is 18.7 Å². The van der Waals surface area contributed by atoms with Gasteiger partial charge in [-0.15, -0.1) is 0 Å². The predicted molar refractivity (Wildman–Crippen MR) is 112 cm³/mol. The molecule has 0 aliphatic carbocycles. The molecule has 3 aromatic rings. The van der Waals surface area contributed by atoms with E-state index in [4.69, 9.17) is 9.47 Å². The highest BCUT2D eigenvalue weighted by Gasteiger charge is 2.05. The van der Waals surface area contributed by atoms with E-state index >= 15 is 0 Å². The fourth-order valence-corrected chi connectivity index (χ4v) is 2.73. The molecule has 6 heteroatoms. The minimum Gasteiger partial charge on any atom is -0.497 e. The Kier molecular flexibility index (Phi) is 7.05. The van der Waals surface area contributed by atoms with Gasteiger partial charge < -0.3 is 19.5 Å². The molecule has 0 amide bonds. The molecular weight excluding hydrogens is 368 g/mol. The highest BCUT2D eigenvalue weighted by Crippen LogP contribution is 2.15. The minimum atomic E-state index is -0.361. The third kappa shape index (κ3) is 5.97. The van der Waals surface area contributed by atoms with Gasteiger partial charge in [0.25, 0.3) is 0 Å². The number of pyridine rings is 1. The number of hydrogen-bond acceptors (Lipinski definition) is 6. The summed E-state index contributed by atoms with van der Waals surface area (Å²) in [5.41, 5.74) is 2.59. The summed E-state index contributed by atoms with van der Waals surface area (Å²) in [5, 5.41) is 3.33. The Balaban J connectivity index is 1.48. The molecule has 6 nitrogen and oxygen atoms in total. The van der Waals surface area contributed by atoms with Crippen molar-refractivity contribution in [2.24, 2.45) is 0 Å². The normalized spacial score (nSPS) is 10.3. The Hall–Kier alpha value is -3.54. The second kappa shape index (κ2) is 10.1. The van der Waals surface area contributed by atoms with Crippen LogP contribution in [0.5, 0.6) is 11.5 Å². The van der Waals surface area contributed by atoms with Crippen molar-refractivity contribution in [3.8, 4) is 11.5 Å². The first-order valence-corrected chi connectivity index (χ1v) is 9.32. The Bertz CT molecular complexity index is 924. The average molecular weight is 392 g/mol. The van der Waals surface area contributed by atoms with Gasteiger partial charge in [-0.05, 0) is 54.1 Å². The molecule has 0 unspecified atom stereocenters. The maximum absolute atomic E-state index is 11.4. The third-order valence-electron chi connectivity index (χ3n) is 4.34. The van der Waals surface area contributed by atoms with Crippen molar-refractivity contribution in [3.63, 3.8) is 0 Å². The van der Waals surface area contributed by atoms with Crippen LogP contribution in [0.4, 0.5) is 5.82 Å². The van der Waals surface area contributed by atoms with Crippen LogP contribution >= 0.6 is 0 Å². The zero-order valence-electron chi connectivity index (χ0n) is 16.6. The molecule has 0 saturated carbocycles. The Morgan fingerprint density at radius 2 is 1.66 bits per heavy atom. The SMILES string of the molecule is COC(=O)c1ccc(OCCc2cccc(NCc3ccc(OC)cc3)n2)cc1. The van der Waals surface area contributed by atoms with Crippen LogP contribution in [-0.2, 0) is 17.7 Å². The van der Waals surface area contributed by atoms with Gasteiger partial charge in [0.05, 0.1) is 26.4 Å². The highest BCUT2D eigenvalue weighted by molar-refractivity contribution is 5.89. The summed E-state index contributed by atoms with van der Waals surface area (Å²) in [4.78, 5) is 16.1. The van der Waals surface area contributed by atoms with Crippen LogP contribution in [0.25, 0.3) is 0 Å². The van der Waals surface area contributed by atoms with Gasteiger partial charge in [0.2, 0.25) is 0 Å². The lowest BCUT2D eigenvalue weighted by Gasteiger charge is -2.09. The second-order valence-corrected chi connectivity index (χ2v) is 6.33. The molecule has 0 saturated heterocycles. The van der Waals surface area contributed by atoms with Crippen molar-refractivity contribution in [3.05, 3.63) is 83.6 Å². The summed E-state index contributed by atoms with van der Waals surface area (Å²) in [5.74, 6) is 2.00. The molecule has 2 aromatic carbocycles. The Morgan fingerprint density at radius 3 is 2.34 bits per heavy atom. The second-order valence-electron chi connectivity index (χ2n) is 6.33. The van der Waals surface area contributed by atoms with E-state index < -0.39 is 0 Å². The van der Waals surface area contributed by atoms with Crippen molar-refractivity contribution >= 4 is 11.8 Å². The number of esters is 1. The summed E-state index contributed by atoms with van der Waals surface area (Å²) >= 11 is 0. The van der Waals surface area contributed by atoms with Gasteiger partial charge in [0.1, 0.15) is 17.3 Å². The maximum atomic E-state index is 11.4. The van der Waals surface area contributed by atoms with E-state index in [0.29, 0.717) is 30.9 Å². The maximum Gasteiger partial charge on any atom is 0.337 e.